The first-order valence-electron chi connectivity index (χ1n) is 7.75. The lowest BCUT2D eigenvalue weighted by Gasteiger charge is -2.10. The summed E-state index contributed by atoms with van der Waals surface area (Å²) in [6.07, 6.45) is 0.844. The van der Waals surface area contributed by atoms with E-state index >= 15 is 0 Å². The van der Waals surface area contributed by atoms with E-state index in [1.807, 2.05) is 67.6 Å². The average Bonchev–Trinajstić information content (AvgIpc) is 2.61. The number of carbonyl (C=O) groups excluding carboxylic acids is 1. The lowest BCUT2D eigenvalue weighted by Crippen LogP contribution is -1.95. The third-order valence-corrected chi connectivity index (χ3v) is 3.66. The standard InChI is InChI=1S/C21H18O3/c1-16-12-21(11-10-18(16)14-22)24-20-9-5-8-19(13-20)23-15-17-6-3-2-4-7-17/h2-14H,15H2,1H3. The zero-order valence-electron chi connectivity index (χ0n) is 13.4. The highest BCUT2D eigenvalue weighted by Gasteiger charge is 2.03. The van der Waals surface area contributed by atoms with E-state index in [1.165, 1.54) is 0 Å². The average molecular weight is 318 g/mol. The van der Waals surface area contributed by atoms with Crippen LogP contribution in [0.5, 0.6) is 17.2 Å². The predicted octanol–water partition coefficient (Wildman–Crippen LogP) is 5.18. The van der Waals surface area contributed by atoms with Crippen molar-refractivity contribution in [2.24, 2.45) is 0 Å². The third-order valence-electron chi connectivity index (χ3n) is 3.66. The van der Waals surface area contributed by atoms with E-state index < -0.39 is 0 Å². The highest BCUT2D eigenvalue weighted by atomic mass is 16.5. The highest BCUT2D eigenvalue weighted by Crippen LogP contribution is 2.27. The van der Waals surface area contributed by atoms with E-state index in [4.69, 9.17) is 9.47 Å². The zero-order chi connectivity index (χ0) is 16.8. The van der Waals surface area contributed by atoms with Crippen LogP contribution in [0.1, 0.15) is 21.5 Å². The second kappa shape index (κ2) is 7.47. The van der Waals surface area contributed by atoms with Crippen molar-refractivity contribution in [2.75, 3.05) is 0 Å². The summed E-state index contributed by atoms with van der Waals surface area (Å²) < 4.78 is 11.7. The SMILES string of the molecule is Cc1cc(Oc2cccc(OCc3ccccc3)c2)ccc1C=O. The molecular formula is C21H18O3. The summed E-state index contributed by atoms with van der Waals surface area (Å²) in [5, 5.41) is 0. The van der Waals surface area contributed by atoms with Crippen molar-refractivity contribution in [3.63, 3.8) is 0 Å². The van der Waals surface area contributed by atoms with Crippen LogP contribution in [0.25, 0.3) is 0 Å². The van der Waals surface area contributed by atoms with E-state index in [0.29, 0.717) is 23.7 Å². The van der Waals surface area contributed by atoms with Gasteiger partial charge in [-0.05, 0) is 48.4 Å². The molecule has 0 saturated heterocycles. The van der Waals surface area contributed by atoms with Crippen molar-refractivity contribution >= 4 is 6.29 Å². The Balaban J connectivity index is 1.69. The molecule has 0 heterocycles. The monoisotopic (exact) mass is 318 g/mol. The van der Waals surface area contributed by atoms with E-state index in [2.05, 4.69) is 0 Å². The molecule has 120 valence electrons. The molecule has 3 nitrogen and oxygen atoms in total. The zero-order valence-corrected chi connectivity index (χ0v) is 13.4. The van der Waals surface area contributed by atoms with Gasteiger partial charge in [-0.15, -0.1) is 0 Å². The minimum absolute atomic E-state index is 0.511. The molecule has 0 amide bonds. The minimum atomic E-state index is 0.511. The summed E-state index contributed by atoms with van der Waals surface area (Å²) >= 11 is 0. The molecule has 3 aromatic carbocycles. The van der Waals surface area contributed by atoms with Gasteiger partial charge >= 0.3 is 0 Å². The molecule has 0 atom stereocenters. The van der Waals surface area contributed by atoms with Gasteiger partial charge in [-0.1, -0.05) is 36.4 Å². The molecule has 3 rings (SSSR count). The maximum Gasteiger partial charge on any atom is 0.150 e. The number of benzene rings is 3. The lowest BCUT2D eigenvalue weighted by molar-refractivity contribution is 0.112. The van der Waals surface area contributed by atoms with Crippen LogP contribution in [-0.4, -0.2) is 6.29 Å². The van der Waals surface area contributed by atoms with Gasteiger partial charge in [0.2, 0.25) is 0 Å². The number of carbonyl (C=O) groups is 1. The maximum absolute atomic E-state index is 10.9. The summed E-state index contributed by atoms with van der Waals surface area (Å²) in [5.41, 5.74) is 2.67. The molecule has 0 bridgehead atoms. The predicted molar refractivity (Wildman–Crippen MR) is 93.9 cm³/mol. The molecule has 0 radical (unpaired) electrons. The van der Waals surface area contributed by atoms with Crippen LogP contribution in [0, 0.1) is 6.92 Å². The van der Waals surface area contributed by atoms with Crippen LogP contribution < -0.4 is 9.47 Å². The normalized spacial score (nSPS) is 10.2. The van der Waals surface area contributed by atoms with Crippen molar-refractivity contribution in [3.8, 4) is 17.2 Å². The number of hydrogen-bond donors (Lipinski definition) is 0. The van der Waals surface area contributed by atoms with Crippen molar-refractivity contribution in [1.29, 1.82) is 0 Å². The van der Waals surface area contributed by atoms with Crippen LogP contribution in [0.4, 0.5) is 0 Å². The molecule has 0 aromatic heterocycles. The van der Waals surface area contributed by atoms with Crippen LogP contribution in [0.3, 0.4) is 0 Å². The Bertz CT molecular complexity index is 825. The molecule has 0 spiro atoms. The number of aryl methyl sites for hydroxylation is 1. The van der Waals surface area contributed by atoms with Gasteiger partial charge in [0.05, 0.1) is 0 Å². The van der Waals surface area contributed by atoms with Crippen LogP contribution in [0.15, 0.2) is 72.8 Å². The largest absolute Gasteiger partial charge is 0.489 e. The second-order valence-electron chi connectivity index (χ2n) is 5.49. The number of ether oxygens (including phenoxy) is 2. The van der Waals surface area contributed by atoms with E-state index in [0.717, 1.165) is 23.2 Å². The van der Waals surface area contributed by atoms with Gasteiger partial charge in [0.15, 0.2) is 0 Å². The molecule has 0 saturated carbocycles. The van der Waals surface area contributed by atoms with Gasteiger partial charge in [0, 0.05) is 11.6 Å². The molecule has 0 N–H and O–H groups in total. The Morgan fingerprint density at radius 3 is 2.33 bits per heavy atom. The van der Waals surface area contributed by atoms with E-state index in [1.54, 1.807) is 12.1 Å². The quantitative estimate of drug-likeness (QED) is 0.588. The summed E-state index contributed by atoms with van der Waals surface area (Å²) in [5.74, 6) is 2.13. The Hall–Kier alpha value is -3.07. The molecule has 3 aromatic rings. The lowest BCUT2D eigenvalue weighted by atomic mass is 10.1. The fourth-order valence-corrected chi connectivity index (χ4v) is 2.35. The van der Waals surface area contributed by atoms with Crippen LogP contribution in [-0.2, 0) is 6.61 Å². The molecule has 24 heavy (non-hydrogen) atoms. The first kappa shape index (κ1) is 15.8. The number of aldehydes is 1. The molecule has 0 aliphatic heterocycles. The van der Waals surface area contributed by atoms with Gasteiger partial charge < -0.3 is 9.47 Å². The van der Waals surface area contributed by atoms with Gasteiger partial charge in [-0.25, -0.2) is 0 Å². The summed E-state index contributed by atoms with van der Waals surface area (Å²) in [4.78, 5) is 10.9. The molecule has 0 aliphatic rings. The summed E-state index contributed by atoms with van der Waals surface area (Å²) in [7, 11) is 0. The van der Waals surface area contributed by atoms with Crippen LogP contribution >= 0.6 is 0 Å². The topological polar surface area (TPSA) is 35.5 Å². The fraction of sp³-hybridized carbons (Fsp3) is 0.0952. The Labute approximate surface area is 141 Å². The summed E-state index contributed by atoms with van der Waals surface area (Å²) in [6.45, 7) is 2.40. The molecule has 3 heteroatoms. The maximum atomic E-state index is 10.9. The van der Waals surface area contributed by atoms with E-state index in [-0.39, 0.29) is 0 Å². The number of rotatable bonds is 6. The number of hydrogen-bond acceptors (Lipinski definition) is 3. The summed E-state index contributed by atoms with van der Waals surface area (Å²) in [6, 6.07) is 22.9. The van der Waals surface area contributed by atoms with Crippen molar-refractivity contribution in [1.82, 2.24) is 0 Å². The van der Waals surface area contributed by atoms with Crippen LogP contribution in [0.2, 0.25) is 0 Å². The molecular weight excluding hydrogens is 300 g/mol. The minimum Gasteiger partial charge on any atom is -0.489 e. The van der Waals surface area contributed by atoms with Crippen molar-refractivity contribution < 1.29 is 14.3 Å². The fourth-order valence-electron chi connectivity index (χ4n) is 2.35. The van der Waals surface area contributed by atoms with Crippen molar-refractivity contribution in [3.05, 3.63) is 89.5 Å². The smallest absolute Gasteiger partial charge is 0.150 e. The van der Waals surface area contributed by atoms with E-state index in [9.17, 15) is 4.79 Å². The second-order valence-corrected chi connectivity index (χ2v) is 5.49. The van der Waals surface area contributed by atoms with Crippen molar-refractivity contribution in [2.45, 2.75) is 13.5 Å². The first-order valence-corrected chi connectivity index (χ1v) is 7.75. The van der Waals surface area contributed by atoms with Gasteiger partial charge in [-0.2, -0.15) is 0 Å². The molecule has 0 aliphatic carbocycles. The van der Waals surface area contributed by atoms with Gasteiger partial charge in [0.25, 0.3) is 0 Å². The Kier molecular flexibility index (Phi) is 4.92. The Morgan fingerprint density at radius 2 is 1.58 bits per heavy atom. The van der Waals surface area contributed by atoms with Gasteiger partial charge in [-0.3, -0.25) is 4.79 Å². The molecule has 0 fully saturated rings. The first-order chi connectivity index (χ1) is 11.7. The van der Waals surface area contributed by atoms with Gasteiger partial charge in [0.1, 0.15) is 30.1 Å². The Morgan fingerprint density at radius 1 is 0.833 bits per heavy atom. The molecule has 0 unspecified atom stereocenters. The third kappa shape index (κ3) is 4.02. The highest BCUT2D eigenvalue weighted by molar-refractivity contribution is 5.77.